The van der Waals surface area contributed by atoms with Crippen LogP contribution in [0.4, 0.5) is 0 Å². The quantitative estimate of drug-likeness (QED) is 0.127. The first-order valence-corrected chi connectivity index (χ1v) is 38.2. The molecule has 0 amide bonds. The Morgan fingerprint density at radius 2 is 0.585 bits per heavy atom. The van der Waals surface area contributed by atoms with E-state index >= 15 is 0 Å². The van der Waals surface area contributed by atoms with Crippen molar-refractivity contribution in [3.63, 3.8) is 0 Å². The maximum Gasteiger partial charge on any atom is 0.494 e. The summed E-state index contributed by atoms with van der Waals surface area (Å²) in [6.45, 7) is 8.47. The molecule has 5 aliphatic rings. The Morgan fingerprint density at radius 1 is 0.264 bits per heavy atom. The second-order valence-corrected chi connectivity index (χ2v) is 30.6. The highest BCUT2D eigenvalue weighted by atomic mass is 35.5. The van der Waals surface area contributed by atoms with Gasteiger partial charge in [-0.05, 0) is 179 Å². The minimum Gasteiger partial charge on any atom is -0.399 e. The molecular weight excluding hydrogens is 1310 g/mol. The van der Waals surface area contributed by atoms with Crippen molar-refractivity contribution >= 4 is 24.2 Å². The maximum absolute atomic E-state index is 6.31. The molecule has 6 nitrogen and oxygen atoms in total. The molecule has 0 atom stereocenters. The highest BCUT2D eigenvalue weighted by Gasteiger charge is 2.53. The number of rotatable bonds is 10. The van der Waals surface area contributed by atoms with Crippen LogP contribution in [0.1, 0.15) is 114 Å². The van der Waals surface area contributed by atoms with Gasteiger partial charge in [-0.1, -0.05) is 323 Å². The van der Waals surface area contributed by atoms with Gasteiger partial charge in [0, 0.05) is 49.2 Å². The summed E-state index contributed by atoms with van der Waals surface area (Å²) in [6.07, 6.45) is 13.1. The van der Waals surface area contributed by atoms with Gasteiger partial charge >= 0.3 is 7.12 Å². The summed E-state index contributed by atoms with van der Waals surface area (Å²) in [5.74, 6) is 1.45. The number of halogens is 1. The van der Waals surface area contributed by atoms with Crippen LogP contribution in [0, 0.1) is 0 Å². The summed E-state index contributed by atoms with van der Waals surface area (Å²) >= 11 is 6.06. The van der Waals surface area contributed by atoms with Crippen molar-refractivity contribution in [2.24, 2.45) is 0 Å². The van der Waals surface area contributed by atoms with Gasteiger partial charge in [0.05, 0.1) is 34.0 Å². The molecule has 3 fully saturated rings. The Balaban J connectivity index is 0.000000124. The van der Waals surface area contributed by atoms with Crippen LogP contribution in [0.3, 0.4) is 0 Å². The molecule has 518 valence electrons. The smallest absolute Gasteiger partial charge is 0.399 e. The van der Waals surface area contributed by atoms with Gasteiger partial charge in [-0.15, -0.1) is 0 Å². The average molecular weight is 1400 g/mol. The molecule has 12 aromatic carbocycles. The lowest BCUT2D eigenvalue weighted by molar-refractivity contribution is 0.00578. The van der Waals surface area contributed by atoms with Crippen LogP contribution in [-0.2, 0) is 20.1 Å². The van der Waals surface area contributed by atoms with Crippen molar-refractivity contribution in [2.45, 2.75) is 114 Å². The zero-order valence-electron chi connectivity index (χ0n) is 60.7. The molecule has 14 aromatic rings. The molecule has 1 saturated heterocycles. The normalized spacial score (nSPS) is 15.8. The number of nitrogens with zero attached hydrogens (tertiary/aromatic N) is 4. The van der Waals surface area contributed by atoms with Crippen molar-refractivity contribution in [1.82, 2.24) is 19.9 Å². The fraction of sp³-hybridized carbons (Fsp3) is 0.184. The van der Waals surface area contributed by atoms with E-state index in [9.17, 15) is 0 Å². The second kappa shape index (κ2) is 28.8. The standard InChI is InChI=1S/C46H36N2.C28H19ClN2.C24H29BO2/c1-4-13-34(14-5-1)43-31-44(48-45(47-43)35-15-6-2-7-16-35)38-18-12-17-36(29-38)32-21-23-33(24-22-32)37-25-26-42-40(30-37)39-19-8-9-20-41(39)46(42)27-10-3-11-28-46;29-25-16-14-20(15-17-25)23-12-7-13-24(18-23)27-19-26(21-8-3-1-4-9-21)30-28(31-27)22-10-5-2-6-11-22;1-22(2)23(3,4)27-25(26-22)17-12-13-21-19(16-17)18-10-6-7-11-20(18)24(21)14-8-5-9-15-24/h1-2,4-9,12-26,29-31H,3,10-11,27-28H2;1-19H;6-7,10-13,16H,5,8-9,14-15H2,1-4H3. The Labute approximate surface area is 629 Å². The molecule has 3 heterocycles. The molecule has 2 saturated carbocycles. The number of aromatic nitrogens is 4. The summed E-state index contributed by atoms with van der Waals surface area (Å²) in [5.41, 5.74) is 29.7. The van der Waals surface area contributed by atoms with Crippen molar-refractivity contribution in [3.8, 4) is 123 Å². The molecule has 0 N–H and O–H groups in total. The highest BCUT2D eigenvalue weighted by molar-refractivity contribution is 6.62. The van der Waals surface area contributed by atoms with Crippen molar-refractivity contribution in [3.05, 3.63) is 343 Å². The van der Waals surface area contributed by atoms with Crippen LogP contribution in [-0.4, -0.2) is 38.3 Å². The molecule has 0 bridgehead atoms. The minimum atomic E-state index is -0.306. The first kappa shape index (κ1) is 68.2. The van der Waals surface area contributed by atoms with Crippen molar-refractivity contribution in [1.29, 1.82) is 0 Å². The van der Waals surface area contributed by atoms with E-state index in [4.69, 9.17) is 40.8 Å². The zero-order chi connectivity index (χ0) is 71.8. The number of hydrogen-bond donors (Lipinski definition) is 0. The molecular formula is C98H84BClN4O2. The molecule has 0 radical (unpaired) electrons. The Hall–Kier alpha value is -10.9. The lowest BCUT2D eigenvalue weighted by Crippen LogP contribution is -2.41. The van der Waals surface area contributed by atoms with Crippen LogP contribution in [0.15, 0.2) is 315 Å². The van der Waals surface area contributed by atoms with E-state index in [1.54, 1.807) is 5.56 Å². The fourth-order valence-corrected chi connectivity index (χ4v) is 17.1. The van der Waals surface area contributed by atoms with Crippen LogP contribution in [0.2, 0.25) is 5.02 Å². The van der Waals surface area contributed by atoms with Gasteiger partial charge in [0.2, 0.25) is 0 Å². The molecule has 0 unspecified atom stereocenters. The van der Waals surface area contributed by atoms with E-state index < -0.39 is 0 Å². The molecule has 19 rings (SSSR count). The summed E-state index contributed by atoms with van der Waals surface area (Å²) in [5, 5.41) is 0.732. The largest absolute Gasteiger partial charge is 0.494 e. The molecule has 2 aromatic heterocycles. The van der Waals surface area contributed by atoms with Gasteiger partial charge in [0.15, 0.2) is 11.6 Å². The van der Waals surface area contributed by atoms with E-state index in [0.29, 0.717) is 5.82 Å². The molecule has 4 aliphatic carbocycles. The highest BCUT2D eigenvalue weighted by Crippen LogP contribution is 2.58. The predicted octanol–water partition coefficient (Wildman–Crippen LogP) is 25.1. The van der Waals surface area contributed by atoms with Crippen molar-refractivity contribution in [2.75, 3.05) is 0 Å². The minimum absolute atomic E-state index is 0.199. The van der Waals surface area contributed by atoms with E-state index in [1.165, 1.54) is 125 Å². The van der Waals surface area contributed by atoms with Gasteiger partial charge in [-0.25, -0.2) is 19.9 Å². The summed E-state index contributed by atoms with van der Waals surface area (Å²) in [6, 6.07) is 111. The number of hydrogen-bond acceptors (Lipinski definition) is 6. The van der Waals surface area contributed by atoms with E-state index in [1.807, 2.05) is 97.1 Å². The Morgan fingerprint density at radius 3 is 1.02 bits per heavy atom. The molecule has 1 aliphatic heterocycles. The monoisotopic (exact) mass is 1390 g/mol. The number of fused-ring (bicyclic) bond motifs is 10. The van der Waals surface area contributed by atoms with Gasteiger partial charge in [0.1, 0.15) is 0 Å². The van der Waals surface area contributed by atoms with E-state index in [-0.39, 0.29) is 29.2 Å². The lowest BCUT2D eigenvalue weighted by atomic mass is 9.67. The third-order valence-electron chi connectivity index (χ3n) is 23.2. The van der Waals surface area contributed by atoms with Crippen LogP contribution in [0.25, 0.3) is 123 Å². The summed E-state index contributed by atoms with van der Waals surface area (Å²) in [7, 11) is -0.296. The molecule has 2 spiro atoms. The van der Waals surface area contributed by atoms with E-state index in [2.05, 4.69) is 246 Å². The SMILES string of the molecule is CC1(C)OB(c2ccc3c(c2)-c2ccccc2C32CCCCC2)OC1(C)C.Clc1ccc(-c2cccc(-c3cc(-c4ccccc4)nc(-c4ccccc4)n3)c2)cc1.c1ccc(-c2cc(-c3cccc(-c4ccc(-c5ccc6c(c5)-c5ccccc5C65CCCCC5)cc4)c3)nc(-c3ccccc3)n2)cc1. The van der Waals surface area contributed by atoms with Gasteiger partial charge in [0.25, 0.3) is 0 Å². The third-order valence-corrected chi connectivity index (χ3v) is 23.5. The second-order valence-electron chi connectivity index (χ2n) is 30.2. The zero-order valence-corrected chi connectivity index (χ0v) is 61.4. The van der Waals surface area contributed by atoms with Gasteiger partial charge in [-0.2, -0.15) is 0 Å². The van der Waals surface area contributed by atoms with Crippen LogP contribution < -0.4 is 5.46 Å². The third kappa shape index (κ3) is 13.2. The average Bonchev–Trinajstić information content (AvgIpc) is 1.54. The topological polar surface area (TPSA) is 70.0 Å². The predicted molar refractivity (Wildman–Crippen MR) is 439 cm³/mol. The Bertz CT molecular complexity index is 5370. The number of benzene rings is 12. The fourth-order valence-electron chi connectivity index (χ4n) is 17.0. The first-order chi connectivity index (χ1) is 51.8. The maximum atomic E-state index is 6.31. The molecule has 106 heavy (non-hydrogen) atoms. The molecule has 8 heteroatoms. The first-order valence-electron chi connectivity index (χ1n) is 37.8. The van der Waals surface area contributed by atoms with Gasteiger partial charge < -0.3 is 9.31 Å². The summed E-state index contributed by atoms with van der Waals surface area (Å²) < 4.78 is 12.6. The van der Waals surface area contributed by atoms with Crippen LogP contribution >= 0.6 is 11.6 Å². The summed E-state index contributed by atoms with van der Waals surface area (Å²) in [4.78, 5) is 19.8. The van der Waals surface area contributed by atoms with Gasteiger partial charge in [-0.3, -0.25) is 0 Å². The van der Waals surface area contributed by atoms with E-state index in [0.717, 1.165) is 83.6 Å². The van der Waals surface area contributed by atoms with Crippen molar-refractivity contribution < 1.29 is 9.31 Å². The van der Waals surface area contributed by atoms with Crippen LogP contribution in [0.5, 0.6) is 0 Å². The lowest BCUT2D eigenvalue weighted by Gasteiger charge is -2.36. The Kier molecular flexibility index (Phi) is 18.6.